The van der Waals surface area contributed by atoms with E-state index < -0.39 is 12.1 Å². The van der Waals surface area contributed by atoms with Crippen molar-refractivity contribution in [1.29, 1.82) is 0 Å². The van der Waals surface area contributed by atoms with Crippen LogP contribution in [0.3, 0.4) is 0 Å². The number of hydrogen-bond acceptors (Lipinski definition) is 3. The molecule has 2 aliphatic carbocycles. The minimum absolute atomic E-state index is 0.0580. The Hall–Kier alpha value is -2.04. The van der Waals surface area contributed by atoms with Gasteiger partial charge in [-0.1, -0.05) is 36.8 Å². The van der Waals surface area contributed by atoms with Crippen molar-refractivity contribution in [3.8, 4) is 0 Å². The van der Waals surface area contributed by atoms with Crippen LogP contribution in [0.2, 0.25) is 0 Å². The van der Waals surface area contributed by atoms with Gasteiger partial charge in [-0.05, 0) is 43.1 Å². The first-order chi connectivity index (χ1) is 11.1. The zero-order valence-corrected chi connectivity index (χ0v) is 13.1. The third-order valence-corrected chi connectivity index (χ3v) is 5.19. The second kappa shape index (κ2) is 7.02. The second-order valence-electron chi connectivity index (χ2n) is 6.69. The molecule has 2 atom stereocenters. The minimum atomic E-state index is -0.702. The van der Waals surface area contributed by atoms with E-state index in [0.29, 0.717) is 12.8 Å². The predicted octanol–water partition coefficient (Wildman–Crippen LogP) is 3.19. The van der Waals surface area contributed by atoms with Crippen LogP contribution in [0.4, 0.5) is 4.79 Å². The largest absolute Gasteiger partial charge is 0.481 e. The fraction of sp³-hybridized carbons (Fsp3) is 0.556. The molecule has 0 spiro atoms. The average molecular weight is 317 g/mol. The van der Waals surface area contributed by atoms with E-state index in [0.717, 1.165) is 24.8 Å². The van der Waals surface area contributed by atoms with E-state index in [9.17, 15) is 14.7 Å². The zero-order chi connectivity index (χ0) is 16.2. The van der Waals surface area contributed by atoms with Gasteiger partial charge in [0.15, 0.2) is 0 Å². The summed E-state index contributed by atoms with van der Waals surface area (Å²) in [4.78, 5) is 23.3. The lowest BCUT2D eigenvalue weighted by Crippen LogP contribution is -2.52. The molecule has 2 unspecified atom stereocenters. The quantitative estimate of drug-likeness (QED) is 0.894. The number of carbonyl (C=O) groups excluding carboxylic acids is 1. The first-order valence-electron chi connectivity index (χ1n) is 8.33. The molecule has 5 nitrogen and oxygen atoms in total. The Morgan fingerprint density at radius 3 is 2.39 bits per heavy atom. The molecule has 2 N–H and O–H groups in total. The summed E-state index contributed by atoms with van der Waals surface area (Å²) in [5.74, 6) is -0.448. The Morgan fingerprint density at radius 1 is 1.13 bits per heavy atom. The Bertz CT molecular complexity index is 545. The molecular weight excluding hydrogens is 294 g/mol. The highest BCUT2D eigenvalue weighted by Crippen LogP contribution is 2.42. The van der Waals surface area contributed by atoms with Crippen LogP contribution in [-0.4, -0.2) is 23.2 Å². The van der Waals surface area contributed by atoms with Gasteiger partial charge in [0.25, 0.3) is 0 Å². The molecule has 0 aliphatic heterocycles. The summed E-state index contributed by atoms with van der Waals surface area (Å²) < 4.78 is 5.30. The van der Waals surface area contributed by atoms with Crippen LogP contribution in [0, 0.1) is 17.8 Å². The molecule has 2 fully saturated rings. The molecule has 2 saturated carbocycles. The van der Waals surface area contributed by atoms with Gasteiger partial charge in [0, 0.05) is 6.04 Å². The van der Waals surface area contributed by atoms with Gasteiger partial charge < -0.3 is 15.2 Å². The van der Waals surface area contributed by atoms with Gasteiger partial charge in [0.05, 0.1) is 5.92 Å². The van der Waals surface area contributed by atoms with Crippen molar-refractivity contribution in [3.63, 3.8) is 0 Å². The number of alkyl carbamates (subject to hydrolysis) is 1. The minimum Gasteiger partial charge on any atom is -0.481 e. The van der Waals surface area contributed by atoms with Crippen molar-refractivity contribution in [2.75, 3.05) is 0 Å². The molecule has 5 heteroatoms. The highest BCUT2D eigenvalue weighted by molar-refractivity contribution is 5.70. The van der Waals surface area contributed by atoms with Crippen LogP contribution >= 0.6 is 0 Å². The third-order valence-electron chi connectivity index (χ3n) is 5.19. The van der Waals surface area contributed by atoms with Crippen LogP contribution in [0.15, 0.2) is 30.3 Å². The van der Waals surface area contributed by atoms with Crippen molar-refractivity contribution in [3.05, 3.63) is 35.9 Å². The monoisotopic (exact) mass is 317 g/mol. The number of carboxylic acids is 1. The maximum atomic E-state index is 12.1. The van der Waals surface area contributed by atoms with Gasteiger partial charge >= 0.3 is 12.1 Å². The SMILES string of the molecule is O=C(NC1C2CCCC1CC(C(=O)O)C2)OCc1ccccc1. The average Bonchev–Trinajstić information content (AvgIpc) is 2.53. The van der Waals surface area contributed by atoms with Crippen LogP contribution < -0.4 is 5.32 Å². The van der Waals surface area contributed by atoms with Crippen molar-refractivity contribution in [2.24, 2.45) is 17.8 Å². The molecule has 1 aromatic rings. The van der Waals surface area contributed by atoms with Crippen LogP contribution in [-0.2, 0) is 16.1 Å². The lowest BCUT2D eigenvalue weighted by molar-refractivity contribution is -0.145. The number of amides is 1. The molecule has 2 aliphatic rings. The van der Waals surface area contributed by atoms with Crippen molar-refractivity contribution < 1.29 is 19.4 Å². The first-order valence-corrected chi connectivity index (χ1v) is 8.33. The number of nitrogens with one attached hydrogen (secondary N) is 1. The summed E-state index contributed by atoms with van der Waals surface area (Å²) in [6.07, 6.45) is 4.03. The molecule has 3 rings (SSSR count). The number of carboxylic acid groups (broad SMARTS) is 1. The Kier molecular flexibility index (Phi) is 4.84. The van der Waals surface area contributed by atoms with Crippen LogP contribution in [0.25, 0.3) is 0 Å². The van der Waals surface area contributed by atoms with Gasteiger partial charge in [0.2, 0.25) is 0 Å². The Labute approximate surface area is 136 Å². The van der Waals surface area contributed by atoms with Crippen molar-refractivity contribution >= 4 is 12.1 Å². The summed E-state index contributed by atoms with van der Waals surface area (Å²) in [6, 6.07) is 9.64. The maximum absolute atomic E-state index is 12.1. The van der Waals surface area contributed by atoms with E-state index in [1.807, 2.05) is 30.3 Å². The van der Waals surface area contributed by atoms with Gasteiger partial charge in [-0.25, -0.2) is 4.79 Å². The highest BCUT2D eigenvalue weighted by Gasteiger charge is 2.43. The Morgan fingerprint density at radius 2 is 1.78 bits per heavy atom. The van der Waals surface area contributed by atoms with Crippen molar-refractivity contribution in [1.82, 2.24) is 5.32 Å². The molecule has 0 saturated heterocycles. The lowest BCUT2D eigenvalue weighted by Gasteiger charge is -2.44. The molecule has 0 heterocycles. The number of ether oxygens (including phenoxy) is 1. The van der Waals surface area contributed by atoms with E-state index in [4.69, 9.17) is 4.74 Å². The molecule has 0 aromatic heterocycles. The fourth-order valence-corrected chi connectivity index (χ4v) is 4.08. The summed E-state index contributed by atoms with van der Waals surface area (Å²) in [7, 11) is 0. The maximum Gasteiger partial charge on any atom is 0.407 e. The number of aliphatic carboxylic acids is 1. The lowest BCUT2D eigenvalue weighted by atomic mass is 9.65. The summed E-state index contributed by atoms with van der Waals surface area (Å²) in [5, 5.41) is 12.3. The van der Waals surface area contributed by atoms with E-state index >= 15 is 0 Å². The van der Waals surface area contributed by atoms with Crippen molar-refractivity contribution in [2.45, 2.75) is 44.8 Å². The molecular formula is C18H23NO4. The highest BCUT2D eigenvalue weighted by atomic mass is 16.5. The van der Waals surface area contributed by atoms with Gasteiger partial charge in [-0.2, -0.15) is 0 Å². The number of benzene rings is 1. The van der Waals surface area contributed by atoms with Gasteiger partial charge in [-0.3, -0.25) is 4.79 Å². The molecule has 1 aromatic carbocycles. The zero-order valence-electron chi connectivity index (χ0n) is 13.1. The van der Waals surface area contributed by atoms with Gasteiger partial charge in [-0.15, -0.1) is 0 Å². The molecule has 2 bridgehead atoms. The van der Waals surface area contributed by atoms with E-state index in [1.165, 1.54) is 0 Å². The van der Waals surface area contributed by atoms with E-state index in [1.54, 1.807) is 0 Å². The predicted molar refractivity (Wildman–Crippen MR) is 84.7 cm³/mol. The van der Waals surface area contributed by atoms with E-state index in [2.05, 4.69) is 5.32 Å². The molecule has 124 valence electrons. The number of hydrogen-bond donors (Lipinski definition) is 2. The van der Waals surface area contributed by atoms with E-state index in [-0.39, 0.29) is 30.4 Å². The third kappa shape index (κ3) is 3.84. The first kappa shape index (κ1) is 15.8. The standard InChI is InChI=1S/C18H23NO4/c20-17(21)15-9-13-7-4-8-14(10-15)16(13)19-18(22)23-11-12-5-2-1-3-6-12/h1-3,5-6,13-16H,4,7-11H2,(H,19,22)(H,20,21). The number of carbonyl (C=O) groups is 2. The fourth-order valence-electron chi connectivity index (χ4n) is 4.08. The Balaban J connectivity index is 1.55. The molecule has 1 amide bonds. The van der Waals surface area contributed by atoms with Crippen LogP contribution in [0.1, 0.15) is 37.7 Å². The summed E-state index contributed by atoms with van der Waals surface area (Å²) in [6.45, 7) is 0.256. The number of rotatable bonds is 4. The van der Waals surface area contributed by atoms with Crippen LogP contribution in [0.5, 0.6) is 0 Å². The molecule has 23 heavy (non-hydrogen) atoms. The molecule has 0 radical (unpaired) electrons. The smallest absolute Gasteiger partial charge is 0.407 e. The summed E-state index contributed by atoms with van der Waals surface area (Å²) in [5.41, 5.74) is 0.956. The van der Waals surface area contributed by atoms with Gasteiger partial charge in [0.1, 0.15) is 6.61 Å². The number of fused-ring (bicyclic) bond motifs is 2. The second-order valence-corrected chi connectivity index (χ2v) is 6.69. The normalized spacial score (nSPS) is 29.6. The topological polar surface area (TPSA) is 75.6 Å². The summed E-state index contributed by atoms with van der Waals surface area (Å²) >= 11 is 0.